The third kappa shape index (κ3) is 4.37. The summed E-state index contributed by atoms with van der Waals surface area (Å²) in [6, 6.07) is 7.47. The topological polar surface area (TPSA) is 74.2 Å². The zero-order chi connectivity index (χ0) is 21.1. The molecule has 0 amide bonds. The molecule has 0 aliphatic carbocycles. The van der Waals surface area contributed by atoms with Crippen molar-refractivity contribution in [3.63, 3.8) is 0 Å². The normalized spacial score (nSPS) is 14.6. The molecule has 0 heterocycles. The molecule has 0 atom stereocenters. The Hall–Kier alpha value is -2.73. The molecule has 0 spiro atoms. The summed E-state index contributed by atoms with van der Waals surface area (Å²) in [7, 11) is 2.70. The molecule has 0 bridgehead atoms. The quantitative estimate of drug-likeness (QED) is 0.595. The van der Waals surface area contributed by atoms with Crippen LogP contribution in [0.5, 0.6) is 23.0 Å². The van der Waals surface area contributed by atoms with Crippen LogP contribution >= 0.6 is 0 Å². The molecule has 2 rings (SSSR count). The lowest BCUT2D eigenvalue weighted by Crippen LogP contribution is -2.05. The number of ether oxygens (including phenoxy) is 4. The highest BCUT2D eigenvalue weighted by atomic mass is 16.7. The predicted octanol–water partition coefficient (Wildman–Crippen LogP) is 2.78. The fourth-order valence-electron chi connectivity index (χ4n) is 1.67. The Bertz CT molecular complexity index is 871. The molecule has 2 aromatic carbocycles. The number of aldehydes is 1. The number of phenols is 1. The predicted molar refractivity (Wildman–Crippen MR) is 83.3 cm³/mol. The number of benzene rings is 2. The van der Waals surface area contributed by atoms with Crippen molar-refractivity contribution in [2.75, 3.05) is 21.0 Å². The molecule has 122 valence electrons. The molecular formula is C17H18O6. The number of carbonyl (C=O) groups is 1. The average Bonchev–Trinajstić information content (AvgIpc) is 2.60. The molecule has 0 aromatic heterocycles. The van der Waals surface area contributed by atoms with Crippen LogP contribution in [0, 0.1) is 0 Å². The Labute approximate surface area is 141 Å². The zero-order valence-corrected chi connectivity index (χ0v) is 12.5. The van der Waals surface area contributed by atoms with E-state index in [1.54, 1.807) is 0 Å². The van der Waals surface area contributed by atoms with E-state index in [-0.39, 0.29) is 28.4 Å². The molecule has 0 unspecified atom stereocenters. The number of phenolic OH excluding ortho intramolecular Hbond substituents is 1. The third-order valence-corrected chi connectivity index (χ3v) is 2.85. The van der Waals surface area contributed by atoms with Crippen LogP contribution in [0.2, 0.25) is 0 Å². The summed E-state index contributed by atoms with van der Waals surface area (Å²) >= 11 is 0. The summed E-state index contributed by atoms with van der Waals surface area (Å²) in [6.45, 7) is -5.88. The second kappa shape index (κ2) is 8.05. The lowest BCUT2D eigenvalue weighted by molar-refractivity contribution is 0.00404. The van der Waals surface area contributed by atoms with Gasteiger partial charge in [0.1, 0.15) is 27.1 Å². The number of rotatable bonds is 8. The van der Waals surface area contributed by atoms with Crippen molar-refractivity contribution < 1.29 is 35.7 Å². The summed E-state index contributed by atoms with van der Waals surface area (Å²) in [4.78, 5) is 11.5. The van der Waals surface area contributed by atoms with Crippen LogP contribution in [0.25, 0.3) is 0 Å². The summed E-state index contributed by atoms with van der Waals surface area (Å²) in [5.41, 5.74) is -0.678. The first-order chi connectivity index (χ1) is 13.0. The molecule has 1 N–H and O–H groups in total. The number of carbonyl (C=O) groups excluding carboxylic acids is 1. The molecule has 0 saturated carbocycles. The van der Waals surface area contributed by atoms with E-state index < -0.39 is 25.3 Å². The monoisotopic (exact) mass is 323 g/mol. The Morgan fingerprint density at radius 2 is 1.87 bits per heavy atom. The van der Waals surface area contributed by atoms with Crippen molar-refractivity contribution in [3.05, 3.63) is 47.5 Å². The van der Waals surface area contributed by atoms with E-state index in [1.165, 1.54) is 44.6 Å². The summed E-state index contributed by atoms with van der Waals surface area (Å²) in [6.07, 6.45) is -1.15. The summed E-state index contributed by atoms with van der Waals surface area (Å²) in [5, 5.41) is 9.91. The Morgan fingerprint density at radius 3 is 2.57 bits per heavy atom. The number of hydrogen-bond acceptors (Lipinski definition) is 6. The van der Waals surface area contributed by atoms with Gasteiger partial charge >= 0.3 is 0 Å². The van der Waals surface area contributed by atoms with Crippen molar-refractivity contribution in [1.29, 1.82) is 0 Å². The number of aromatic hydroxyl groups is 1. The van der Waals surface area contributed by atoms with Gasteiger partial charge in [-0.15, -0.1) is 0 Å². The third-order valence-electron chi connectivity index (χ3n) is 2.85. The highest BCUT2D eigenvalue weighted by Crippen LogP contribution is 2.25. The summed E-state index contributed by atoms with van der Waals surface area (Å²) < 4.78 is 58.7. The lowest BCUT2D eigenvalue weighted by atomic mass is 10.2. The SMILES string of the molecule is [2H]C(=O)c1cc(OC)ccc1OC([2H])([2H])OC([2H])([2H])c1cc(OC)ccc1O. The van der Waals surface area contributed by atoms with E-state index in [0.717, 1.165) is 6.07 Å². The molecule has 23 heavy (non-hydrogen) atoms. The van der Waals surface area contributed by atoms with Gasteiger partial charge in [0.2, 0.25) is 0 Å². The number of hydrogen-bond donors (Lipinski definition) is 1. The van der Waals surface area contributed by atoms with E-state index in [1.807, 2.05) is 0 Å². The fourth-order valence-corrected chi connectivity index (χ4v) is 1.67. The van der Waals surface area contributed by atoms with Gasteiger partial charge in [-0.25, -0.2) is 0 Å². The minimum Gasteiger partial charge on any atom is -0.508 e. The largest absolute Gasteiger partial charge is 0.508 e. The smallest absolute Gasteiger partial charge is 0.189 e. The lowest BCUT2D eigenvalue weighted by Gasteiger charge is -2.11. The molecule has 0 aliphatic rings. The van der Waals surface area contributed by atoms with E-state index in [2.05, 4.69) is 0 Å². The molecule has 0 radical (unpaired) electrons. The molecular weight excluding hydrogens is 300 g/mol. The van der Waals surface area contributed by atoms with Gasteiger partial charge < -0.3 is 24.1 Å². The van der Waals surface area contributed by atoms with Gasteiger partial charge in [0.05, 0.1) is 29.1 Å². The van der Waals surface area contributed by atoms with Crippen LogP contribution in [-0.2, 0) is 11.3 Å². The van der Waals surface area contributed by atoms with Gasteiger partial charge in [-0.2, -0.15) is 0 Å². The summed E-state index contributed by atoms with van der Waals surface area (Å²) in [5.74, 6) is -0.343. The molecule has 0 saturated heterocycles. The van der Waals surface area contributed by atoms with Crippen LogP contribution in [0.15, 0.2) is 36.4 Å². The Balaban J connectivity index is 2.32. The van der Waals surface area contributed by atoms with Crippen LogP contribution in [0.1, 0.15) is 22.8 Å². The maximum absolute atomic E-state index is 11.5. The van der Waals surface area contributed by atoms with Crippen molar-refractivity contribution in [2.24, 2.45) is 0 Å². The maximum Gasteiger partial charge on any atom is 0.189 e. The Morgan fingerprint density at radius 1 is 1.17 bits per heavy atom. The highest BCUT2D eigenvalue weighted by molar-refractivity contribution is 5.80. The molecule has 2 aromatic rings. The molecule has 0 aliphatic heterocycles. The van der Waals surface area contributed by atoms with E-state index in [9.17, 15) is 9.90 Å². The second-order valence-corrected chi connectivity index (χ2v) is 4.24. The minimum atomic E-state index is -3.06. The molecule has 0 fully saturated rings. The first-order valence-corrected chi connectivity index (χ1v) is 6.45. The van der Waals surface area contributed by atoms with Gasteiger partial charge in [-0.3, -0.25) is 4.79 Å². The van der Waals surface area contributed by atoms with Crippen molar-refractivity contribution >= 4 is 6.26 Å². The molecule has 6 nitrogen and oxygen atoms in total. The van der Waals surface area contributed by atoms with Crippen LogP contribution in [-0.4, -0.2) is 32.3 Å². The van der Waals surface area contributed by atoms with Crippen molar-refractivity contribution in [3.8, 4) is 23.0 Å². The first kappa shape index (κ1) is 10.9. The highest BCUT2D eigenvalue weighted by Gasteiger charge is 2.07. The molecule has 6 heteroatoms. The fraction of sp³-hybridized carbons (Fsp3) is 0.235. The second-order valence-electron chi connectivity index (χ2n) is 4.24. The maximum atomic E-state index is 11.5. The first-order valence-electron chi connectivity index (χ1n) is 8.95. The Kier molecular flexibility index (Phi) is 3.82. The van der Waals surface area contributed by atoms with Crippen molar-refractivity contribution in [1.82, 2.24) is 0 Å². The van der Waals surface area contributed by atoms with Crippen molar-refractivity contribution in [2.45, 2.75) is 6.56 Å². The van der Waals surface area contributed by atoms with Crippen LogP contribution in [0.4, 0.5) is 0 Å². The van der Waals surface area contributed by atoms with Gasteiger partial charge in [0.25, 0.3) is 0 Å². The van der Waals surface area contributed by atoms with E-state index >= 15 is 0 Å². The van der Waals surface area contributed by atoms with Crippen LogP contribution < -0.4 is 14.2 Å². The van der Waals surface area contributed by atoms with E-state index in [0.29, 0.717) is 0 Å². The van der Waals surface area contributed by atoms with Gasteiger partial charge in [0.15, 0.2) is 13.0 Å². The standard InChI is InChI=1S/C17H18O6/c1-20-14-3-5-16(19)13(8-14)10-22-11-23-17-6-4-15(21-2)7-12(17)9-18/h3-9,19H,10-11H2,1-2H3/i9D,10D2,11D2. The van der Waals surface area contributed by atoms with Gasteiger partial charge in [-0.05, 0) is 36.4 Å². The van der Waals surface area contributed by atoms with E-state index in [4.69, 9.17) is 25.8 Å². The zero-order valence-electron chi connectivity index (χ0n) is 17.5. The minimum absolute atomic E-state index is 0.221. The van der Waals surface area contributed by atoms with Gasteiger partial charge in [0, 0.05) is 5.56 Å². The van der Waals surface area contributed by atoms with Gasteiger partial charge in [-0.1, -0.05) is 0 Å². The van der Waals surface area contributed by atoms with Crippen LogP contribution in [0.3, 0.4) is 0 Å². The average molecular weight is 323 g/mol. The number of methoxy groups -OCH3 is 2.